The Morgan fingerprint density at radius 2 is 1.73 bits per heavy atom. The molecule has 0 unspecified atom stereocenters. The Hall–Kier alpha value is -3.34. The number of hydrogen-bond donors (Lipinski definition) is 1. The largest absolute Gasteiger partial charge is 0.388 e. The van der Waals surface area contributed by atoms with E-state index in [4.69, 9.17) is 0 Å². The number of nitrogens with one attached hydrogen (secondary N) is 1. The summed E-state index contributed by atoms with van der Waals surface area (Å²) in [6.45, 7) is 1.87. The summed E-state index contributed by atoms with van der Waals surface area (Å²) in [5.74, 6) is 0. The van der Waals surface area contributed by atoms with Gasteiger partial charge in [-0.15, -0.1) is 0 Å². The molecule has 4 aromatic rings. The van der Waals surface area contributed by atoms with Crippen LogP contribution in [-0.4, -0.2) is 16.5 Å². The fraction of sp³-hybridized carbons (Fsp3) is 0.143. The molecule has 0 saturated carbocycles. The first-order valence-corrected chi connectivity index (χ1v) is 8.45. The van der Waals surface area contributed by atoms with Gasteiger partial charge in [-0.2, -0.15) is 0 Å². The molecule has 26 heavy (non-hydrogen) atoms. The number of fused-ring (bicyclic) bond motifs is 3. The van der Waals surface area contributed by atoms with Gasteiger partial charge in [-0.3, -0.25) is 10.1 Å². The average molecular weight is 345 g/mol. The Kier molecular flexibility index (Phi) is 3.65. The second kappa shape index (κ2) is 5.88. The van der Waals surface area contributed by atoms with Crippen LogP contribution >= 0.6 is 0 Å². The lowest BCUT2D eigenvalue weighted by Gasteiger charge is -2.10. The Bertz CT molecular complexity index is 1180. The van der Waals surface area contributed by atoms with E-state index in [1.807, 2.05) is 51.4 Å². The van der Waals surface area contributed by atoms with Gasteiger partial charge in [0.2, 0.25) is 0 Å². The van der Waals surface area contributed by atoms with Gasteiger partial charge in [0.05, 0.1) is 10.5 Å². The highest BCUT2D eigenvalue weighted by Gasteiger charge is 2.19. The predicted molar refractivity (Wildman–Crippen MR) is 107 cm³/mol. The van der Waals surface area contributed by atoms with Crippen molar-refractivity contribution >= 4 is 33.2 Å². The van der Waals surface area contributed by atoms with Crippen LogP contribution in [-0.2, 0) is 7.05 Å². The standard InChI is InChI=1S/C21H19N3O2/c1-13-10-21(24(25)26)17(12-18(13)22-2)14-8-9-16-15-6-4-5-7-19(15)23(3)20(16)11-14/h4-12,22H,1-3H3. The molecule has 5 heteroatoms. The van der Waals surface area contributed by atoms with E-state index in [1.54, 1.807) is 6.07 Å². The molecule has 0 amide bonds. The van der Waals surface area contributed by atoms with E-state index in [0.29, 0.717) is 5.56 Å². The zero-order chi connectivity index (χ0) is 18.4. The molecule has 1 N–H and O–H groups in total. The van der Waals surface area contributed by atoms with Gasteiger partial charge in [-0.25, -0.2) is 0 Å². The van der Waals surface area contributed by atoms with Crippen molar-refractivity contribution in [3.8, 4) is 11.1 Å². The molecular formula is C21H19N3O2. The van der Waals surface area contributed by atoms with E-state index in [9.17, 15) is 10.1 Å². The van der Waals surface area contributed by atoms with E-state index in [0.717, 1.165) is 33.2 Å². The first-order valence-electron chi connectivity index (χ1n) is 8.45. The highest BCUT2D eigenvalue weighted by molar-refractivity contribution is 6.09. The molecule has 0 atom stereocenters. The van der Waals surface area contributed by atoms with Crippen LogP contribution in [0.4, 0.5) is 11.4 Å². The van der Waals surface area contributed by atoms with E-state index < -0.39 is 0 Å². The molecule has 5 nitrogen and oxygen atoms in total. The Labute approximate surface area is 151 Å². The lowest BCUT2D eigenvalue weighted by molar-refractivity contribution is -0.384. The van der Waals surface area contributed by atoms with Crippen LogP contribution in [0.25, 0.3) is 32.9 Å². The van der Waals surface area contributed by atoms with Gasteiger partial charge in [0.1, 0.15) is 0 Å². The molecule has 0 spiro atoms. The monoisotopic (exact) mass is 345 g/mol. The van der Waals surface area contributed by atoms with E-state index in [-0.39, 0.29) is 10.6 Å². The number of anilines is 1. The van der Waals surface area contributed by atoms with Crippen LogP contribution in [0.5, 0.6) is 0 Å². The first kappa shape index (κ1) is 16.1. The van der Waals surface area contributed by atoms with Gasteiger partial charge in [0, 0.05) is 47.7 Å². The molecular weight excluding hydrogens is 326 g/mol. The highest BCUT2D eigenvalue weighted by atomic mass is 16.6. The summed E-state index contributed by atoms with van der Waals surface area (Å²) in [6, 6.07) is 17.8. The molecule has 0 aliphatic carbocycles. The zero-order valence-electron chi connectivity index (χ0n) is 14.9. The van der Waals surface area contributed by atoms with Crippen LogP contribution in [0.3, 0.4) is 0 Å². The molecule has 1 heterocycles. The summed E-state index contributed by atoms with van der Waals surface area (Å²) in [6.07, 6.45) is 0. The normalized spacial score (nSPS) is 11.2. The number of aryl methyl sites for hydroxylation is 2. The van der Waals surface area contributed by atoms with Gasteiger partial charge in [-0.1, -0.05) is 30.3 Å². The summed E-state index contributed by atoms with van der Waals surface area (Å²) < 4.78 is 2.13. The van der Waals surface area contributed by atoms with Crippen molar-refractivity contribution in [3.05, 3.63) is 70.3 Å². The van der Waals surface area contributed by atoms with Gasteiger partial charge in [-0.05, 0) is 36.2 Å². The third-order valence-corrected chi connectivity index (χ3v) is 5.03. The summed E-state index contributed by atoms with van der Waals surface area (Å²) in [5, 5.41) is 17.0. The molecule has 0 aliphatic rings. The summed E-state index contributed by atoms with van der Waals surface area (Å²) in [4.78, 5) is 11.3. The second-order valence-electron chi connectivity index (χ2n) is 6.50. The summed E-state index contributed by atoms with van der Waals surface area (Å²) >= 11 is 0. The quantitative estimate of drug-likeness (QED) is 0.407. The minimum absolute atomic E-state index is 0.125. The topological polar surface area (TPSA) is 60.1 Å². The molecule has 3 aromatic carbocycles. The average Bonchev–Trinajstić information content (AvgIpc) is 2.94. The number of nitro benzene ring substituents is 1. The number of benzene rings is 3. The van der Waals surface area contributed by atoms with E-state index in [1.165, 1.54) is 5.39 Å². The maximum atomic E-state index is 11.6. The molecule has 0 saturated heterocycles. The van der Waals surface area contributed by atoms with Crippen LogP contribution < -0.4 is 5.32 Å². The Morgan fingerprint density at radius 1 is 1.00 bits per heavy atom. The third-order valence-electron chi connectivity index (χ3n) is 5.03. The summed E-state index contributed by atoms with van der Waals surface area (Å²) in [7, 11) is 3.85. The van der Waals surface area contributed by atoms with Crippen molar-refractivity contribution < 1.29 is 4.92 Å². The molecule has 130 valence electrons. The second-order valence-corrected chi connectivity index (χ2v) is 6.50. The number of hydrogen-bond acceptors (Lipinski definition) is 3. The minimum atomic E-state index is -0.312. The molecule has 0 fully saturated rings. The van der Waals surface area contributed by atoms with Gasteiger partial charge >= 0.3 is 0 Å². The smallest absolute Gasteiger partial charge is 0.277 e. The first-order chi connectivity index (χ1) is 12.5. The van der Waals surface area contributed by atoms with Crippen LogP contribution in [0.1, 0.15) is 5.56 Å². The highest BCUT2D eigenvalue weighted by Crippen LogP contribution is 2.37. The number of nitrogens with zero attached hydrogens (tertiary/aromatic N) is 2. The van der Waals surface area contributed by atoms with Crippen LogP contribution in [0.2, 0.25) is 0 Å². The molecule has 0 bridgehead atoms. The lowest BCUT2D eigenvalue weighted by Crippen LogP contribution is -1.98. The zero-order valence-corrected chi connectivity index (χ0v) is 14.9. The van der Waals surface area contributed by atoms with Crippen molar-refractivity contribution in [2.24, 2.45) is 7.05 Å². The van der Waals surface area contributed by atoms with Crippen molar-refractivity contribution in [3.63, 3.8) is 0 Å². The van der Waals surface area contributed by atoms with Crippen LogP contribution in [0, 0.1) is 17.0 Å². The number of rotatable bonds is 3. The van der Waals surface area contributed by atoms with Gasteiger partial charge < -0.3 is 9.88 Å². The van der Waals surface area contributed by atoms with Gasteiger partial charge in [0.15, 0.2) is 0 Å². The van der Waals surface area contributed by atoms with E-state index in [2.05, 4.69) is 28.1 Å². The minimum Gasteiger partial charge on any atom is -0.388 e. The maximum absolute atomic E-state index is 11.6. The van der Waals surface area contributed by atoms with Crippen molar-refractivity contribution in [2.45, 2.75) is 6.92 Å². The SMILES string of the molecule is CNc1cc(-c2ccc3c4ccccc4n(C)c3c2)c([N+](=O)[O-])cc1C. The van der Waals surface area contributed by atoms with Gasteiger partial charge in [0.25, 0.3) is 5.69 Å². The van der Waals surface area contributed by atoms with Crippen molar-refractivity contribution in [1.29, 1.82) is 0 Å². The predicted octanol–water partition coefficient (Wildman–Crippen LogP) is 5.26. The Morgan fingerprint density at radius 3 is 2.46 bits per heavy atom. The summed E-state index contributed by atoms with van der Waals surface area (Å²) in [5.41, 5.74) is 5.54. The number of nitro groups is 1. The Balaban J connectivity index is 2.02. The fourth-order valence-electron chi connectivity index (χ4n) is 3.67. The third kappa shape index (κ3) is 2.32. The number of aromatic nitrogens is 1. The molecule has 1 aromatic heterocycles. The molecule has 4 rings (SSSR count). The molecule has 0 aliphatic heterocycles. The van der Waals surface area contributed by atoms with E-state index >= 15 is 0 Å². The lowest BCUT2D eigenvalue weighted by atomic mass is 9.99. The fourth-order valence-corrected chi connectivity index (χ4v) is 3.67. The number of para-hydroxylation sites is 1. The van der Waals surface area contributed by atoms with Crippen molar-refractivity contribution in [1.82, 2.24) is 4.57 Å². The molecule has 0 radical (unpaired) electrons. The van der Waals surface area contributed by atoms with Crippen molar-refractivity contribution in [2.75, 3.05) is 12.4 Å². The maximum Gasteiger partial charge on any atom is 0.277 e. The van der Waals surface area contributed by atoms with Crippen LogP contribution in [0.15, 0.2) is 54.6 Å².